The highest BCUT2D eigenvalue weighted by atomic mass is 16.5. The monoisotopic (exact) mass is 353 g/mol. The fourth-order valence-electron chi connectivity index (χ4n) is 2.75. The molecule has 0 aliphatic carbocycles. The molecule has 3 heteroatoms. The normalized spacial score (nSPS) is 12.5. The van der Waals surface area contributed by atoms with Crippen LogP contribution >= 0.6 is 0 Å². The average Bonchev–Trinajstić information content (AvgIpc) is 2.59. The molecule has 2 aromatic carbocycles. The third-order valence-electron chi connectivity index (χ3n) is 4.45. The molecule has 0 saturated heterocycles. The minimum absolute atomic E-state index is 0.0228. The molecule has 0 heterocycles. The molecule has 26 heavy (non-hydrogen) atoms. The van der Waals surface area contributed by atoms with E-state index in [0.717, 1.165) is 17.7 Å². The number of carbonyl (C=O) groups is 1. The third-order valence-corrected chi connectivity index (χ3v) is 4.45. The summed E-state index contributed by atoms with van der Waals surface area (Å²) in [7, 11) is 0. The van der Waals surface area contributed by atoms with Gasteiger partial charge in [0.1, 0.15) is 12.4 Å². The van der Waals surface area contributed by atoms with Gasteiger partial charge in [-0.3, -0.25) is 4.79 Å². The van der Waals surface area contributed by atoms with Crippen molar-refractivity contribution in [2.75, 3.05) is 6.61 Å². The van der Waals surface area contributed by atoms with Crippen molar-refractivity contribution < 1.29 is 9.53 Å². The lowest BCUT2D eigenvalue weighted by molar-refractivity contribution is -0.121. The molecule has 0 aromatic heterocycles. The van der Waals surface area contributed by atoms with Crippen molar-refractivity contribution in [2.24, 2.45) is 0 Å². The Bertz CT molecular complexity index is 714. The Morgan fingerprint density at radius 1 is 1.08 bits per heavy atom. The molecule has 0 aliphatic rings. The third kappa shape index (κ3) is 6.21. The van der Waals surface area contributed by atoms with Crippen molar-refractivity contribution in [3.8, 4) is 5.75 Å². The highest BCUT2D eigenvalue weighted by molar-refractivity contribution is 5.76. The van der Waals surface area contributed by atoms with E-state index in [1.807, 2.05) is 38.1 Å². The summed E-state index contributed by atoms with van der Waals surface area (Å²) >= 11 is 0. The predicted octanol–water partition coefficient (Wildman–Crippen LogP) is 4.81. The minimum Gasteiger partial charge on any atom is -0.491 e. The van der Waals surface area contributed by atoms with Crippen LogP contribution in [0.25, 0.3) is 0 Å². The van der Waals surface area contributed by atoms with Crippen LogP contribution in [0.3, 0.4) is 0 Å². The number of aryl methyl sites for hydroxylation is 2. The molecule has 2 aromatic rings. The standard InChI is InChI=1S/C23H31NO2/c1-17-8-6-7-9-21(17)26-16-18(2)24-22(25)15-12-19-10-13-20(14-11-19)23(3,4)5/h6-11,13-14,18H,12,15-16H2,1-5H3,(H,24,25)/t18-/m0/s1. The van der Waals surface area contributed by atoms with E-state index in [0.29, 0.717) is 13.0 Å². The fraction of sp³-hybridized carbons (Fsp3) is 0.435. The number of ether oxygens (including phenoxy) is 1. The van der Waals surface area contributed by atoms with E-state index in [1.54, 1.807) is 0 Å². The van der Waals surface area contributed by atoms with E-state index in [1.165, 1.54) is 11.1 Å². The van der Waals surface area contributed by atoms with Gasteiger partial charge in [0.05, 0.1) is 6.04 Å². The first-order valence-electron chi connectivity index (χ1n) is 9.33. The molecule has 3 nitrogen and oxygen atoms in total. The summed E-state index contributed by atoms with van der Waals surface area (Å²) in [6, 6.07) is 16.5. The number of hydrogen-bond acceptors (Lipinski definition) is 2. The van der Waals surface area contributed by atoms with Crippen molar-refractivity contribution in [3.63, 3.8) is 0 Å². The van der Waals surface area contributed by atoms with Crippen molar-refractivity contribution in [1.82, 2.24) is 5.32 Å². The molecular weight excluding hydrogens is 322 g/mol. The molecular formula is C23H31NO2. The summed E-state index contributed by atoms with van der Waals surface area (Å²) < 4.78 is 5.79. The van der Waals surface area contributed by atoms with Crippen molar-refractivity contribution in [2.45, 2.75) is 58.9 Å². The first-order chi connectivity index (χ1) is 12.3. The molecule has 0 aliphatic heterocycles. The Balaban J connectivity index is 1.75. The SMILES string of the molecule is Cc1ccccc1OC[C@H](C)NC(=O)CCc1ccc(C(C)(C)C)cc1. The number of rotatable bonds is 7. The Labute approximate surface area is 157 Å². The summed E-state index contributed by atoms with van der Waals surface area (Å²) in [4.78, 5) is 12.2. The van der Waals surface area contributed by atoms with E-state index in [9.17, 15) is 4.79 Å². The molecule has 2 rings (SSSR count). The second-order valence-corrected chi connectivity index (χ2v) is 7.99. The summed E-state index contributed by atoms with van der Waals surface area (Å²) in [5.74, 6) is 0.929. The zero-order valence-electron chi connectivity index (χ0n) is 16.6. The van der Waals surface area contributed by atoms with Crippen molar-refractivity contribution in [3.05, 3.63) is 65.2 Å². The second kappa shape index (κ2) is 8.88. The lowest BCUT2D eigenvalue weighted by Crippen LogP contribution is -2.36. The Hall–Kier alpha value is -2.29. The van der Waals surface area contributed by atoms with Crippen LogP contribution in [-0.4, -0.2) is 18.6 Å². The molecule has 0 fully saturated rings. The van der Waals surface area contributed by atoms with Crippen LogP contribution in [-0.2, 0) is 16.6 Å². The van der Waals surface area contributed by atoms with Crippen molar-refractivity contribution >= 4 is 5.91 Å². The Morgan fingerprint density at radius 3 is 2.35 bits per heavy atom. The van der Waals surface area contributed by atoms with E-state index in [4.69, 9.17) is 4.74 Å². The fourth-order valence-corrected chi connectivity index (χ4v) is 2.75. The molecule has 0 radical (unpaired) electrons. The van der Waals surface area contributed by atoms with E-state index in [2.05, 4.69) is 50.4 Å². The van der Waals surface area contributed by atoms with E-state index >= 15 is 0 Å². The van der Waals surface area contributed by atoms with Gasteiger partial charge in [-0.2, -0.15) is 0 Å². The predicted molar refractivity (Wildman–Crippen MR) is 108 cm³/mol. The van der Waals surface area contributed by atoms with Gasteiger partial charge in [0, 0.05) is 6.42 Å². The number of amides is 1. The van der Waals surface area contributed by atoms with Gasteiger partial charge in [-0.1, -0.05) is 63.2 Å². The lowest BCUT2D eigenvalue weighted by Gasteiger charge is -2.19. The van der Waals surface area contributed by atoms with Crippen LogP contribution in [0, 0.1) is 6.92 Å². The van der Waals surface area contributed by atoms with Gasteiger partial charge in [-0.25, -0.2) is 0 Å². The number of hydrogen-bond donors (Lipinski definition) is 1. The average molecular weight is 354 g/mol. The van der Waals surface area contributed by atoms with Gasteiger partial charge in [0.25, 0.3) is 0 Å². The van der Waals surface area contributed by atoms with Gasteiger partial charge in [-0.15, -0.1) is 0 Å². The van der Waals surface area contributed by atoms with Crippen LogP contribution in [0.2, 0.25) is 0 Å². The second-order valence-electron chi connectivity index (χ2n) is 7.99. The molecule has 1 N–H and O–H groups in total. The quantitative estimate of drug-likeness (QED) is 0.776. The molecule has 0 saturated carbocycles. The topological polar surface area (TPSA) is 38.3 Å². The Morgan fingerprint density at radius 2 is 1.73 bits per heavy atom. The minimum atomic E-state index is -0.0228. The Kier molecular flexibility index (Phi) is 6.84. The van der Waals surface area contributed by atoms with Crippen LogP contribution < -0.4 is 10.1 Å². The first kappa shape index (κ1) is 20.0. The molecule has 0 bridgehead atoms. The number of benzene rings is 2. The van der Waals surface area contributed by atoms with E-state index in [-0.39, 0.29) is 17.4 Å². The highest BCUT2D eigenvalue weighted by Gasteiger charge is 2.13. The maximum Gasteiger partial charge on any atom is 0.220 e. The van der Waals surface area contributed by atoms with Crippen molar-refractivity contribution in [1.29, 1.82) is 0 Å². The van der Waals surface area contributed by atoms with Gasteiger partial charge >= 0.3 is 0 Å². The molecule has 1 amide bonds. The highest BCUT2D eigenvalue weighted by Crippen LogP contribution is 2.22. The van der Waals surface area contributed by atoms with Crippen LogP contribution in [0.4, 0.5) is 0 Å². The summed E-state index contributed by atoms with van der Waals surface area (Å²) in [5.41, 5.74) is 3.76. The van der Waals surface area contributed by atoms with Gasteiger partial charge in [0.2, 0.25) is 5.91 Å². The number of carbonyl (C=O) groups excluding carboxylic acids is 1. The molecule has 0 unspecified atom stereocenters. The van der Waals surface area contributed by atoms with Crippen LogP contribution in [0.15, 0.2) is 48.5 Å². The number of para-hydroxylation sites is 1. The maximum atomic E-state index is 12.2. The smallest absolute Gasteiger partial charge is 0.220 e. The number of nitrogens with one attached hydrogen (secondary N) is 1. The summed E-state index contributed by atoms with van der Waals surface area (Å²) in [6.07, 6.45) is 1.24. The van der Waals surface area contributed by atoms with E-state index < -0.39 is 0 Å². The molecule has 140 valence electrons. The van der Waals surface area contributed by atoms with Crippen LogP contribution in [0.1, 0.15) is 50.8 Å². The lowest BCUT2D eigenvalue weighted by atomic mass is 9.86. The van der Waals surface area contributed by atoms with Gasteiger partial charge < -0.3 is 10.1 Å². The summed E-state index contributed by atoms with van der Waals surface area (Å²) in [5, 5.41) is 3.01. The molecule has 1 atom stereocenters. The zero-order chi connectivity index (χ0) is 19.2. The molecule has 0 spiro atoms. The van der Waals surface area contributed by atoms with Gasteiger partial charge in [-0.05, 0) is 48.4 Å². The first-order valence-corrected chi connectivity index (χ1v) is 9.33. The maximum absolute atomic E-state index is 12.2. The summed E-state index contributed by atoms with van der Waals surface area (Å²) in [6.45, 7) is 11.1. The van der Waals surface area contributed by atoms with Crippen LogP contribution in [0.5, 0.6) is 5.75 Å². The zero-order valence-corrected chi connectivity index (χ0v) is 16.6. The largest absolute Gasteiger partial charge is 0.491 e. The van der Waals surface area contributed by atoms with Gasteiger partial charge in [0.15, 0.2) is 0 Å².